The number of amides is 2. The summed E-state index contributed by atoms with van der Waals surface area (Å²) in [7, 11) is -3.79. The van der Waals surface area contributed by atoms with E-state index in [9.17, 15) is 18.0 Å². The van der Waals surface area contributed by atoms with E-state index < -0.39 is 22.2 Å². The zero-order chi connectivity index (χ0) is 19.3. The minimum atomic E-state index is -3.79. The first-order chi connectivity index (χ1) is 12.3. The van der Waals surface area contributed by atoms with Gasteiger partial charge in [-0.3, -0.25) is 4.79 Å². The second-order valence-corrected chi connectivity index (χ2v) is 7.80. The van der Waals surface area contributed by atoms with Crippen LogP contribution >= 0.6 is 0 Å². The molecule has 2 amide bonds. The van der Waals surface area contributed by atoms with E-state index in [4.69, 9.17) is 4.74 Å². The Morgan fingerprint density at radius 3 is 2.31 bits per heavy atom. The molecule has 1 aromatic carbocycles. The molecule has 0 saturated carbocycles. The molecule has 1 saturated heterocycles. The Bertz CT molecular complexity index is 757. The lowest BCUT2D eigenvalue weighted by Gasteiger charge is -2.35. The molecule has 0 bridgehead atoms. The highest BCUT2D eigenvalue weighted by Crippen LogP contribution is 2.15. The van der Waals surface area contributed by atoms with Crippen molar-refractivity contribution >= 4 is 22.0 Å². The van der Waals surface area contributed by atoms with Crippen LogP contribution in [0.5, 0.6) is 0 Å². The third kappa shape index (κ3) is 4.73. The molecule has 1 aliphatic heterocycles. The number of benzene rings is 1. The molecule has 1 fully saturated rings. The van der Waals surface area contributed by atoms with E-state index in [-0.39, 0.29) is 10.8 Å². The average Bonchev–Trinajstić information content (AvgIpc) is 2.61. The second kappa shape index (κ2) is 8.50. The van der Waals surface area contributed by atoms with E-state index in [0.717, 1.165) is 0 Å². The largest absolute Gasteiger partial charge is 0.450 e. The summed E-state index contributed by atoms with van der Waals surface area (Å²) in [5.74, 6) is -0.314. The van der Waals surface area contributed by atoms with Gasteiger partial charge in [0.25, 0.3) is 0 Å². The van der Waals surface area contributed by atoms with Gasteiger partial charge >= 0.3 is 6.09 Å². The van der Waals surface area contributed by atoms with Gasteiger partial charge in [0, 0.05) is 26.2 Å². The van der Waals surface area contributed by atoms with Crippen LogP contribution in [-0.2, 0) is 19.6 Å². The Balaban J connectivity index is 1.96. The molecule has 1 heterocycles. The molecule has 0 unspecified atom stereocenters. The van der Waals surface area contributed by atoms with Gasteiger partial charge in [-0.05, 0) is 32.4 Å². The Morgan fingerprint density at radius 1 is 1.15 bits per heavy atom. The highest BCUT2D eigenvalue weighted by Gasteiger charge is 2.30. The molecular formula is C17H25N3O5S. The monoisotopic (exact) mass is 383 g/mol. The molecule has 144 valence electrons. The number of carbonyl (C=O) groups excluding carboxylic acids is 2. The number of ether oxygens (including phenoxy) is 1. The Hall–Kier alpha value is -2.13. The van der Waals surface area contributed by atoms with E-state index >= 15 is 0 Å². The van der Waals surface area contributed by atoms with Crippen molar-refractivity contribution in [3.63, 3.8) is 0 Å². The van der Waals surface area contributed by atoms with Gasteiger partial charge in [0.1, 0.15) is 0 Å². The number of sulfonamides is 1. The molecule has 0 spiro atoms. The summed E-state index contributed by atoms with van der Waals surface area (Å²) >= 11 is 0. The van der Waals surface area contributed by atoms with E-state index in [0.29, 0.717) is 38.3 Å². The van der Waals surface area contributed by atoms with Crippen LogP contribution in [0.15, 0.2) is 29.2 Å². The molecule has 9 heteroatoms. The van der Waals surface area contributed by atoms with Gasteiger partial charge in [-0.1, -0.05) is 18.2 Å². The van der Waals surface area contributed by atoms with Crippen LogP contribution in [-0.4, -0.2) is 69.0 Å². The lowest BCUT2D eigenvalue weighted by Crippen LogP contribution is -2.55. The molecule has 1 aromatic rings. The van der Waals surface area contributed by atoms with E-state index in [1.807, 2.05) is 0 Å². The molecular weight excluding hydrogens is 358 g/mol. The number of nitrogens with one attached hydrogen (secondary N) is 1. The fourth-order valence-electron chi connectivity index (χ4n) is 2.80. The number of piperazine rings is 1. The Kier molecular flexibility index (Phi) is 6.60. The normalized spacial score (nSPS) is 16.3. The molecule has 1 aliphatic rings. The van der Waals surface area contributed by atoms with Crippen molar-refractivity contribution in [2.75, 3.05) is 32.8 Å². The van der Waals surface area contributed by atoms with Crippen molar-refractivity contribution in [2.24, 2.45) is 0 Å². The van der Waals surface area contributed by atoms with Gasteiger partial charge in [0.2, 0.25) is 15.9 Å². The maximum absolute atomic E-state index is 12.6. The summed E-state index contributed by atoms with van der Waals surface area (Å²) in [6, 6.07) is 5.71. The predicted molar refractivity (Wildman–Crippen MR) is 96.1 cm³/mol. The maximum atomic E-state index is 12.6. The summed E-state index contributed by atoms with van der Waals surface area (Å²) in [4.78, 5) is 27.5. The van der Waals surface area contributed by atoms with Crippen molar-refractivity contribution in [3.8, 4) is 0 Å². The van der Waals surface area contributed by atoms with Gasteiger partial charge in [-0.15, -0.1) is 0 Å². The number of hydrogen-bond donors (Lipinski definition) is 1. The lowest BCUT2D eigenvalue weighted by atomic mass is 10.2. The highest BCUT2D eigenvalue weighted by atomic mass is 32.2. The first kappa shape index (κ1) is 20.2. The standard InChI is InChI=1S/C17H25N3O5S/c1-4-25-17(22)20-11-9-19(10-12-20)16(21)14(3)18-26(23,24)15-8-6-5-7-13(15)2/h5-8,14,18H,4,9-12H2,1-3H3/t14-/m0/s1. The molecule has 2 rings (SSSR count). The number of carbonyl (C=O) groups is 2. The minimum absolute atomic E-state index is 0.159. The maximum Gasteiger partial charge on any atom is 0.409 e. The second-order valence-electron chi connectivity index (χ2n) is 6.12. The smallest absolute Gasteiger partial charge is 0.409 e. The van der Waals surface area contributed by atoms with Crippen molar-refractivity contribution in [2.45, 2.75) is 31.7 Å². The molecule has 0 radical (unpaired) electrons. The third-order valence-electron chi connectivity index (χ3n) is 4.20. The highest BCUT2D eigenvalue weighted by molar-refractivity contribution is 7.89. The average molecular weight is 383 g/mol. The van der Waals surface area contributed by atoms with Gasteiger partial charge in [0.05, 0.1) is 17.5 Å². The van der Waals surface area contributed by atoms with E-state index in [1.165, 1.54) is 17.9 Å². The third-order valence-corrected chi connectivity index (χ3v) is 5.90. The zero-order valence-corrected chi connectivity index (χ0v) is 16.1. The quantitative estimate of drug-likeness (QED) is 0.817. The molecule has 1 atom stereocenters. The minimum Gasteiger partial charge on any atom is -0.450 e. The topological polar surface area (TPSA) is 96.0 Å². The van der Waals surface area contributed by atoms with Crippen LogP contribution in [0.3, 0.4) is 0 Å². The van der Waals surface area contributed by atoms with Crippen LogP contribution in [0.1, 0.15) is 19.4 Å². The van der Waals surface area contributed by atoms with Crippen LogP contribution < -0.4 is 4.72 Å². The predicted octanol–water partition coefficient (Wildman–Crippen LogP) is 0.963. The number of rotatable bonds is 5. The first-order valence-electron chi connectivity index (χ1n) is 8.54. The fourth-order valence-corrected chi connectivity index (χ4v) is 4.25. The van der Waals surface area contributed by atoms with Crippen LogP contribution in [0, 0.1) is 6.92 Å². The fraction of sp³-hybridized carbons (Fsp3) is 0.529. The van der Waals surface area contributed by atoms with Crippen molar-refractivity contribution < 1.29 is 22.7 Å². The van der Waals surface area contributed by atoms with Crippen LogP contribution in [0.25, 0.3) is 0 Å². The number of nitrogens with zero attached hydrogens (tertiary/aromatic N) is 2. The summed E-state index contributed by atoms with van der Waals surface area (Å²) in [5, 5.41) is 0. The first-order valence-corrected chi connectivity index (χ1v) is 10.0. The van der Waals surface area contributed by atoms with E-state index in [2.05, 4.69) is 4.72 Å². The molecule has 0 aliphatic carbocycles. The van der Waals surface area contributed by atoms with Gasteiger partial charge in [-0.25, -0.2) is 13.2 Å². The number of aryl methyl sites for hydroxylation is 1. The summed E-state index contributed by atoms with van der Waals surface area (Å²) in [5.41, 5.74) is 0.614. The van der Waals surface area contributed by atoms with Crippen molar-refractivity contribution in [1.82, 2.24) is 14.5 Å². The van der Waals surface area contributed by atoms with Crippen LogP contribution in [0.2, 0.25) is 0 Å². The molecule has 26 heavy (non-hydrogen) atoms. The van der Waals surface area contributed by atoms with Gasteiger partial charge in [-0.2, -0.15) is 4.72 Å². The van der Waals surface area contributed by atoms with Crippen LogP contribution in [0.4, 0.5) is 4.79 Å². The van der Waals surface area contributed by atoms with Crippen molar-refractivity contribution in [3.05, 3.63) is 29.8 Å². The Morgan fingerprint density at radius 2 is 1.73 bits per heavy atom. The Labute approximate surface area is 154 Å². The van der Waals surface area contributed by atoms with Gasteiger partial charge < -0.3 is 14.5 Å². The lowest BCUT2D eigenvalue weighted by molar-refractivity contribution is -0.134. The zero-order valence-electron chi connectivity index (χ0n) is 15.3. The summed E-state index contributed by atoms with van der Waals surface area (Å²) in [6.45, 7) is 6.67. The van der Waals surface area contributed by atoms with Gasteiger partial charge in [0.15, 0.2) is 0 Å². The number of hydrogen-bond acceptors (Lipinski definition) is 5. The summed E-state index contributed by atoms with van der Waals surface area (Å²) < 4.78 is 32.4. The van der Waals surface area contributed by atoms with Crippen molar-refractivity contribution in [1.29, 1.82) is 0 Å². The van der Waals surface area contributed by atoms with E-state index in [1.54, 1.807) is 36.9 Å². The molecule has 8 nitrogen and oxygen atoms in total. The SMILES string of the molecule is CCOC(=O)N1CCN(C(=O)[C@H](C)NS(=O)(=O)c2ccccc2C)CC1. The summed E-state index contributed by atoms with van der Waals surface area (Å²) in [6.07, 6.45) is -0.395. The molecule has 0 aromatic heterocycles. The molecule has 1 N–H and O–H groups in total.